The van der Waals surface area contributed by atoms with Crippen molar-refractivity contribution in [3.05, 3.63) is 35.4 Å². The van der Waals surface area contributed by atoms with Gasteiger partial charge in [0.15, 0.2) is 17.4 Å². The predicted molar refractivity (Wildman–Crippen MR) is 85.0 cm³/mol. The third-order valence-corrected chi connectivity index (χ3v) is 2.78. The zero-order valence-corrected chi connectivity index (χ0v) is 14.5. The minimum atomic E-state index is -1.09. The van der Waals surface area contributed by atoms with Crippen LogP contribution in [0.15, 0.2) is 18.2 Å². The number of rotatable bonds is 6. The zero-order chi connectivity index (χ0) is 18.5. The van der Waals surface area contributed by atoms with E-state index in [0.29, 0.717) is 0 Å². The van der Waals surface area contributed by atoms with Gasteiger partial charge in [-0.25, -0.2) is 13.6 Å². The lowest BCUT2D eigenvalue weighted by Gasteiger charge is -2.28. The maximum Gasteiger partial charge on any atom is 0.408 e. The first-order valence-corrected chi connectivity index (χ1v) is 7.47. The number of benzene rings is 1. The number of halogens is 2. The van der Waals surface area contributed by atoms with Gasteiger partial charge in [-0.1, -0.05) is 0 Å². The highest BCUT2D eigenvalue weighted by molar-refractivity contribution is 5.97. The number of hydrogen-bond acceptors (Lipinski definition) is 4. The average molecular weight is 343 g/mol. The molecule has 0 spiro atoms. The Morgan fingerprint density at radius 3 is 2.25 bits per heavy atom. The Labute approximate surface area is 140 Å². The molecule has 0 unspecified atom stereocenters. The minimum absolute atomic E-state index is 0.0202. The van der Waals surface area contributed by atoms with Crippen molar-refractivity contribution >= 4 is 11.9 Å². The van der Waals surface area contributed by atoms with E-state index in [0.717, 1.165) is 12.1 Å². The van der Waals surface area contributed by atoms with Crippen molar-refractivity contribution in [3.63, 3.8) is 0 Å². The molecule has 1 aromatic carbocycles. The molecule has 0 aliphatic heterocycles. The maximum absolute atomic E-state index is 13.1. The first-order valence-electron chi connectivity index (χ1n) is 7.47. The molecule has 0 heterocycles. The summed E-state index contributed by atoms with van der Waals surface area (Å²) in [6.45, 7) is 8.38. The van der Waals surface area contributed by atoms with Crippen molar-refractivity contribution in [2.75, 3.05) is 13.2 Å². The monoisotopic (exact) mass is 343 g/mol. The normalized spacial score (nSPS) is 12.0. The molecule has 0 bridgehead atoms. The first-order chi connectivity index (χ1) is 10.9. The second-order valence-electron chi connectivity index (χ2n) is 7.06. The topological polar surface area (TPSA) is 64.6 Å². The van der Waals surface area contributed by atoms with Crippen molar-refractivity contribution < 1.29 is 27.8 Å². The number of nitrogens with one attached hydrogen (secondary N) is 1. The lowest BCUT2D eigenvalue weighted by atomic mass is 10.1. The third kappa shape index (κ3) is 7.04. The molecule has 0 fully saturated rings. The number of hydrogen-bond donors (Lipinski definition) is 1. The summed E-state index contributed by atoms with van der Waals surface area (Å²) in [6.07, 6.45) is -0.594. The number of carbonyl (C=O) groups is 2. The van der Waals surface area contributed by atoms with Gasteiger partial charge in [0.25, 0.3) is 0 Å². The maximum atomic E-state index is 13.1. The Balaban J connectivity index is 2.48. The number of alkyl carbamates (subject to hydrolysis) is 1. The summed E-state index contributed by atoms with van der Waals surface area (Å²) in [5, 5.41) is 2.64. The molecule has 0 saturated heterocycles. The lowest BCUT2D eigenvalue weighted by Crippen LogP contribution is -2.49. The fourth-order valence-electron chi connectivity index (χ4n) is 1.77. The Morgan fingerprint density at radius 2 is 1.71 bits per heavy atom. The molecule has 1 N–H and O–H groups in total. The molecule has 24 heavy (non-hydrogen) atoms. The number of ketones is 1. The molecular weight excluding hydrogens is 320 g/mol. The number of amides is 1. The lowest BCUT2D eigenvalue weighted by molar-refractivity contribution is 0.0349. The van der Waals surface area contributed by atoms with Crippen molar-refractivity contribution in [1.29, 1.82) is 0 Å². The molecule has 0 radical (unpaired) electrons. The SMILES string of the molecule is CC(C)(COCC(=O)c1ccc(F)c(F)c1)NC(=O)OC(C)(C)C. The van der Waals surface area contributed by atoms with Gasteiger partial charge in [-0.05, 0) is 52.8 Å². The highest BCUT2D eigenvalue weighted by Gasteiger charge is 2.25. The highest BCUT2D eigenvalue weighted by atomic mass is 19.2. The van der Waals surface area contributed by atoms with E-state index in [4.69, 9.17) is 9.47 Å². The number of Topliss-reactive ketones (excluding diaryl/α,β-unsaturated/α-hetero) is 1. The van der Waals surface area contributed by atoms with E-state index in [2.05, 4.69) is 5.32 Å². The zero-order valence-electron chi connectivity index (χ0n) is 14.5. The minimum Gasteiger partial charge on any atom is -0.444 e. The van der Waals surface area contributed by atoms with E-state index < -0.39 is 34.7 Å². The highest BCUT2D eigenvalue weighted by Crippen LogP contribution is 2.11. The van der Waals surface area contributed by atoms with Gasteiger partial charge in [0, 0.05) is 5.56 Å². The molecule has 0 aromatic heterocycles. The Kier molecular flexibility index (Phi) is 6.42. The van der Waals surface area contributed by atoms with Crippen LogP contribution in [0.2, 0.25) is 0 Å². The van der Waals surface area contributed by atoms with Crippen LogP contribution in [0, 0.1) is 11.6 Å². The summed E-state index contributed by atoms with van der Waals surface area (Å²) in [5.41, 5.74) is -1.37. The van der Waals surface area contributed by atoms with E-state index in [1.165, 1.54) is 6.07 Å². The predicted octanol–water partition coefficient (Wildman–Crippen LogP) is 3.47. The van der Waals surface area contributed by atoms with Gasteiger partial charge in [-0.15, -0.1) is 0 Å². The fraction of sp³-hybridized carbons (Fsp3) is 0.529. The summed E-state index contributed by atoms with van der Waals surface area (Å²) < 4.78 is 36.4. The molecule has 5 nitrogen and oxygen atoms in total. The van der Waals surface area contributed by atoms with Crippen LogP contribution in [0.4, 0.5) is 13.6 Å². The van der Waals surface area contributed by atoms with E-state index in [1.54, 1.807) is 34.6 Å². The Hall–Kier alpha value is -2.02. The largest absolute Gasteiger partial charge is 0.444 e. The van der Waals surface area contributed by atoms with Crippen molar-refractivity contribution in [2.24, 2.45) is 0 Å². The van der Waals surface area contributed by atoms with Crippen LogP contribution in [0.1, 0.15) is 45.0 Å². The van der Waals surface area contributed by atoms with Crippen LogP contribution in [-0.4, -0.2) is 36.2 Å². The molecule has 0 aliphatic carbocycles. The third-order valence-electron chi connectivity index (χ3n) is 2.78. The van der Waals surface area contributed by atoms with Gasteiger partial charge in [0.05, 0.1) is 12.1 Å². The van der Waals surface area contributed by atoms with Crippen molar-refractivity contribution in [3.8, 4) is 0 Å². The van der Waals surface area contributed by atoms with Gasteiger partial charge < -0.3 is 14.8 Å². The quantitative estimate of drug-likeness (QED) is 0.803. The van der Waals surface area contributed by atoms with Crippen LogP contribution < -0.4 is 5.32 Å². The molecule has 0 aliphatic rings. The van der Waals surface area contributed by atoms with Gasteiger partial charge >= 0.3 is 6.09 Å². The molecule has 1 rings (SSSR count). The fourth-order valence-corrected chi connectivity index (χ4v) is 1.77. The molecule has 134 valence electrons. The summed E-state index contributed by atoms with van der Waals surface area (Å²) >= 11 is 0. The number of carbonyl (C=O) groups excluding carboxylic acids is 2. The second-order valence-corrected chi connectivity index (χ2v) is 7.06. The second kappa shape index (κ2) is 7.70. The molecule has 0 atom stereocenters. The summed E-state index contributed by atoms with van der Waals surface area (Å²) in [5.74, 6) is -2.59. The van der Waals surface area contributed by atoms with Crippen molar-refractivity contribution in [2.45, 2.75) is 45.8 Å². The Morgan fingerprint density at radius 1 is 1.08 bits per heavy atom. The smallest absolute Gasteiger partial charge is 0.408 e. The molecule has 0 saturated carbocycles. The molecule has 7 heteroatoms. The standard InChI is InChI=1S/C17H23F2NO4/c1-16(2,3)24-15(22)20-17(4,5)10-23-9-14(21)11-6-7-12(18)13(19)8-11/h6-8H,9-10H2,1-5H3,(H,20,22). The summed E-state index contributed by atoms with van der Waals surface area (Å²) in [6, 6.07) is 2.90. The molecular formula is C17H23F2NO4. The van der Waals surface area contributed by atoms with E-state index in [9.17, 15) is 18.4 Å². The van der Waals surface area contributed by atoms with E-state index >= 15 is 0 Å². The average Bonchev–Trinajstić information content (AvgIpc) is 2.38. The molecule has 1 aromatic rings. The van der Waals surface area contributed by atoms with Gasteiger partial charge in [0.1, 0.15) is 12.2 Å². The van der Waals surface area contributed by atoms with Crippen LogP contribution >= 0.6 is 0 Å². The summed E-state index contributed by atoms with van der Waals surface area (Å²) in [4.78, 5) is 23.6. The van der Waals surface area contributed by atoms with Gasteiger partial charge in [-0.3, -0.25) is 4.79 Å². The van der Waals surface area contributed by atoms with Crippen molar-refractivity contribution in [1.82, 2.24) is 5.32 Å². The van der Waals surface area contributed by atoms with E-state index in [-0.39, 0.29) is 18.8 Å². The van der Waals surface area contributed by atoms with Gasteiger partial charge in [-0.2, -0.15) is 0 Å². The summed E-state index contributed by atoms with van der Waals surface area (Å²) in [7, 11) is 0. The van der Waals surface area contributed by atoms with E-state index in [1.807, 2.05) is 0 Å². The molecule has 1 amide bonds. The van der Waals surface area contributed by atoms with Crippen LogP contribution in [-0.2, 0) is 9.47 Å². The van der Waals surface area contributed by atoms with Crippen LogP contribution in [0.25, 0.3) is 0 Å². The van der Waals surface area contributed by atoms with Crippen LogP contribution in [0.5, 0.6) is 0 Å². The Bertz CT molecular complexity index is 609. The van der Waals surface area contributed by atoms with Crippen LogP contribution in [0.3, 0.4) is 0 Å². The first kappa shape index (κ1) is 20.0. The van der Waals surface area contributed by atoms with Gasteiger partial charge in [0.2, 0.25) is 0 Å². The number of ether oxygens (including phenoxy) is 2.